The lowest BCUT2D eigenvalue weighted by molar-refractivity contribution is 0.584. The fourth-order valence-electron chi connectivity index (χ4n) is 1.60. The van der Waals surface area contributed by atoms with Gasteiger partial charge in [0.25, 0.3) is 0 Å². The van der Waals surface area contributed by atoms with Gasteiger partial charge in [-0.2, -0.15) is 4.39 Å². The zero-order valence-corrected chi connectivity index (χ0v) is 10.0. The molecule has 0 spiro atoms. The Bertz CT molecular complexity index is 464. The molecule has 0 amide bonds. The molecule has 0 bridgehead atoms. The van der Waals surface area contributed by atoms with Crippen molar-refractivity contribution in [1.29, 1.82) is 0 Å². The number of nitrogens with one attached hydrogen (secondary N) is 1. The topological polar surface area (TPSA) is 24.9 Å². The molecule has 0 saturated heterocycles. The van der Waals surface area contributed by atoms with Crippen molar-refractivity contribution in [3.8, 4) is 0 Å². The summed E-state index contributed by atoms with van der Waals surface area (Å²) < 4.78 is 12.6. The highest BCUT2D eigenvalue weighted by molar-refractivity contribution is 7.10. The molecule has 0 fully saturated rings. The standard InChI is InChI=1S/C12H13FN2S/c1-8-5-6-16-12(8)9(2)15-10-3-4-11(13)14-7-10/h3-7,9,15H,1-2H3. The van der Waals surface area contributed by atoms with E-state index in [4.69, 9.17) is 0 Å². The van der Waals surface area contributed by atoms with E-state index < -0.39 is 5.95 Å². The lowest BCUT2D eigenvalue weighted by Crippen LogP contribution is -2.06. The number of aromatic nitrogens is 1. The third-order valence-corrected chi connectivity index (χ3v) is 3.61. The van der Waals surface area contributed by atoms with E-state index >= 15 is 0 Å². The van der Waals surface area contributed by atoms with Crippen LogP contribution in [0.2, 0.25) is 0 Å². The van der Waals surface area contributed by atoms with Crippen LogP contribution in [0.25, 0.3) is 0 Å². The van der Waals surface area contributed by atoms with Gasteiger partial charge in [0.15, 0.2) is 0 Å². The molecule has 0 aromatic carbocycles. The van der Waals surface area contributed by atoms with Crippen LogP contribution in [0.5, 0.6) is 0 Å². The van der Waals surface area contributed by atoms with Crippen LogP contribution in [0.4, 0.5) is 10.1 Å². The van der Waals surface area contributed by atoms with Gasteiger partial charge in [-0.05, 0) is 43.0 Å². The van der Waals surface area contributed by atoms with Gasteiger partial charge in [-0.3, -0.25) is 0 Å². The van der Waals surface area contributed by atoms with Crippen molar-refractivity contribution in [3.63, 3.8) is 0 Å². The van der Waals surface area contributed by atoms with Crippen molar-refractivity contribution in [1.82, 2.24) is 4.98 Å². The fourth-order valence-corrected chi connectivity index (χ4v) is 2.54. The van der Waals surface area contributed by atoms with E-state index in [2.05, 4.69) is 35.6 Å². The van der Waals surface area contributed by atoms with Crippen molar-refractivity contribution in [2.75, 3.05) is 5.32 Å². The van der Waals surface area contributed by atoms with Crippen molar-refractivity contribution in [2.24, 2.45) is 0 Å². The fraction of sp³-hybridized carbons (Fsp3) is 0.250. The van der Waals surface area contributed by atoms with Crippen LogP contribution in [-0.2, 0) is 0 Å². The second-order valence-electron chi connectivity index (χ2n) is 3.70. The minimum absolute atomic E-state index is 0.215. The van der Waals surface area contributed by atoms with E-state index in [1.807, 2.05) is 0 Å². The van der Waals surface area contributed by atoms with E-state index in [9.17, 15) is 4.39 Å². The van der Waals surface area contributed by atoms with Gasteiger partial charge in [0.05, 0.1) is 17.9 Å². The van der Waals surface area contributed by atoms with Crippen molar-refractivity contribution in [2.45, 2.75) is 19.9 Å². The number of thiophene rings is 1. The van der Waals surface area contributed by atoms with Gasteiger partial charge in [0, 0.05) is 4.88 Å². The van der Waals surface area contributed by atoms with Gasteiger partial charge in [-0.25, -0.2) is 4.98 Å². The highest BCUT2D eigenvalue weighted by Gasteiger charge is 2.09. The lowest BCUT2D eigenvalue weighted by Gasteiger charge is -2.14. The predicted octanol–water partition coefficient (Wildman–Crippen LogP) is 3.76. The monoisotopic (exact) mass is 236 g/mol. The second-order valence-corrected chi connectivity index (χ2v) is 4.65. The Balaban J connectivity index is 2.10. The first-order valence-electron chi connectivity index (χ1n) is 5.09. The average molecular weight is 236 g/mol. The summed E-state index contributed by atoms with van der Waals surface area (Å²) in [6, 6.07) is 5.37. The molecule has 2 nitrogen and oxygen atoms in total. The van der Waals surface area contributed by atoms with Crippen LogP contribution in [0, 0.1) is 12.9 Å². The maximum absolute atomic E-state index is 12.6. The normalized spacial score (nSPS) is 12.4. The number of rotatable bonds is 3. The molecule has 2 heterocycles. The molecule has 0 aliphatic heterocycles. The van der Waals surface area contributed by atoms with E-state index in [0.717, 1.165) is 5.69 Å². The Morgan fingerprint density at radius 2 is 2.19 bits per heavy atom. The lowest BCUT2D eigenvalue weighted by atomic mass is 10.2. The van der Waals surface area contributed by atoms with Crippen LogP contribution in [-0.4, -0.2) is 4.98 Å². The van der Waals surface area contributed by atoms with Crippen LogP contribution in [0.3, 0.4) is 0 Å². The van der Waals surface area contributed by atoms with Gasteiger partial charge in [-0.15, -0.1) is 11.3 Å². The Morgan fingerprint density at radius 3 is 2.75 bits per heavy atom. The summed E-state index contributed by atoms with van der Waals surface area (Å²) in [4.78, 5) is 4.91. The number of anilines is 1. The van der Waals surface area contributed by atoms with Crippen LogP contribution >= 0.6 is 11.3 Å². The number of hydrogen-bond acceptors (Lipinski definition) is 3. The first-order chi connectivity index (χ1) is 7.66. The molecule has 0 aliphatic rings. The Hall–Kier alpha value is -1.42. The summed E-state index contributed by atoms with van der Waals surface area (Å²) in [5, 5.41) is 5.37. The highest BCUT2D eigenvalue weighted by Crippen LogP contribution is 2.26. The van der Waals surface area contributed by atoms with Crippen molar-refractivity contribution < 1.29 is 4.39 Å². The molecular weight excluding hydrogens is 223 g/mol. The van der Waals surface area contributed by atoms with Crippen LogP contribution in [0.15, 0.2) is 29.8 Å². The molecule has 0 saturated carbocycles. The Labute approximate surface area is 98.2 Å². The third-order valence-electron chi connectivity index (χ3n) is 2.41. The highest BCUT2D eigenvalue weighted by atomic mass is 32.1. The quantitative estimate of drug-likeness (QED) is 0.821. The molecule has 2 aromatic rings. The molecule has 0 aliphatic carbocycles. The minimum atomic E-state index is -0.453. The summed E-state index contributed by atoms with van der Waals surface area (Å²) in [5.41, 5.74) is 2.11. The summed E-state index contributed by atoms with van der Waals surface area (Å²) in [5.74, 6) is -0.453. The Morgan fingerprint density at radius 1 is 1.38 bits per heavy atom. The first kappa shape index (κ1) is 11.1. The molecule has 2 rings (SSSR count). The third kappa shape index (κ3) is 2.39. The van der Waals surface area contributed by atoms with Gasteiger partial charge < -0.3 is 5.32 Å². The maximum Gasteiger partial charge on any atom is 0.212 e. The molecule has 2 aromatic heterocycles. The average Bonchev–Trinajstić information content (AvgIpc) is 2.68. The summed E-state index contributed by atoms with van der Waals surface area (Å²) in [6.07, 6.45) is 1.51. The number of nitrogens with zero attached hydrogens (tertiary/aromatic N) is 1. The number of hydrogen-bond donors (Lipinski definition) is 1. The van der Waals surface area contributed by atoms with E-state index in [1.165, 1.54) is 22.7 Å². The molecule has 1 N–H and O–H groups in total. The summed E-state index contributed by atoms with van der Waals surface area (Å²) >= 11 is 1.72. The molecule has 0 radical (unpaired) electrons. The number of pyridine rings is 1. The van der Waals surface area contributed by atoms with Crippen molar-refractivity contribution in [3.05, 3.63) is 46.2 Å². The number of halogens is 1. The molecule has 16 heavy (non-hydrogen) atoms. The SMILES string of the molecule is Cc1ccsc1C(C)Nc1ccc(F)nc1. The number of aryl methyl sites for hydroxylation is 1. The van der Waals surface area contributed by atoms with Crippen molar-refractivity contribution >= 4 is 17.0 Å². The van der Waals surface area contributed by atoms with Crippen LogP contribution < -0.4 is 5.32 Å². The van der Waals surface area contributed by atoms with Crippen LogP contribution in [0.1, 0.15) is 23.4 Å². The zero-order valence-electron chi connectivity index (χ0n) is 9.20. The second kappa shape index (κ2) is 4.61. The molecule has 4 heteroatoms. The first-order valence-corrected chi connectivity index (χ1v) is 5.97. The zero-order chi connectivity index (χ0) is 11.5. The summed E-state index contributed by atoms with van der Waals surface area (Å²) in [6.45, 7) is 4.18. The molecule has 1 atom stereocenters. The Kier molecular flexibility index (Phi) is 3.19. The molecule has 84 valence electrons. The van der Waals surface area contributed by atoms with Gasteiger partial charge in [0.1, 0.15) is 0 Å². The minimum Gasteiger partial charge on any atom is -0.376 e. The van der Waals surface area contributed by atoms with Gasteiger partial charge >= 0.3 is 0 Å². The molecular formula is C12H13FN2S. The molecule has 1 unspecified atom stereocenters. The summed E-state index contributed by atoms with van der Waals surface area (Å²) in [7, 11) is 0. The van der Waals surface area contributed by atoms with Gasteiger partial charge in [-0.1, -0.05) is 0 Å². The maximum atomic E-state index is 12.6. The predicted molar refractivity (Wildman–Crippen MR) is 65.3 cm³/mol. The van der Waals surface area contributed by atoms with E-state index in [1.54, 1.807) is 17.4 Å². The van der Waals surface area contributed by atoms with Gasteiger partial charge in [0.2, 0.25) is 5.95 Å². The van der Waals surface area contributed by atoms with E-state index in [-0.39, 0.29) is 6.04 Å². The smallest absolute Gasteiger partial charge is 0.212 e. The van der Waals surface area contributed by atoms with E-state index in [0.29, 0.717) is 0 Å². The largest absolute Gasteiger partial charge is 0.376 e.